The first-order valence-corrected chi connectivity index (χ1v) is 7.43. The molecule has 0 aliphatic carbocycles. The van der Waals surface area contributed by atoms with Crippen molar-refractivity contribution in [3.05, 3.63) is 35.4 Å². The van der Waals surface area contributed by atoms with E-state index in [1.165, 1.54) is 0 Å². The zero-order chi connectivity index (χ0) is 14.8. The van der Waals surface area contributed by atoms with Gasteiger partial charge in [0.15, 0.2) is 5.84 Å². The summed E-state index contributed by atoms with van der Waals surface area (Å²) in [6, 6.07) is 6.80. The van der Waals surface area contributed by atoms with Gasteiger partial charge in [0.1, 0.15) is 0 Å². The molecule has 0 aromatic heterocycles. The van der Waals surface area contributed by atoms with E-state index in [0.29, 0.717) is 11.1 Å². The summed E-state index contributed by atoms with van der Waals surface area (Å²) in [6.07, 6.45) is 0. The van der Waals surface area contributed by atoms with E-state index >= 15 is 0 Å². The van der Waals surface area contributed by atoms with Gasteiger partial charge in [0.25, 0.3) is 5.91 Å². The lowest BCUT2D eigenvalue weighted by Gasteiger charge is -2.37. The number of hydrogen-bond acceptors (Lipinski definition) is 4. The monoisotopic (exact) mass is 293 g/mol. The summed E-state index contributed by atoms with van der Waals surface area (Å²) in [4.78, 5) is 14.3. The smallest absolute Gasteiger partial charge is 0.253 e. The van der Waals surface area contributed by atoms with Crippen LogP contribution in [0.4, 0.5) is 0 Å². The van der Waals surface area contributed by atoms with Crippen LogP contribution in [0.15, 0.2) is 29.4 Å². The summed E-state index contributed by atoms with van der Waals surface area (Å²) in [5.41, 5.74) is 6.72. The topological polar surface area (TPSA) is 78.9 Å². The number of benzene rings is 1. The lowest BCUT2D eigenvalue weighted by atomic mass is 10.1. The van der Waals surface area contributed by atoms with E-state index in [2.05, 4.69) is 19.0 Å². The molecule has 0 unspecified atom stereocenters. The zero-order valence-electron chi connectivity index (χ0n) is 11.7. The number of hydrogen-bond donors (Lipinski definition) is 2. The summed E-state index contributed by atoms with van der Waals surface area (Å²) < 4.78 is 0.0990. The van der Waals surface area contributed by atoms with Crippen molar-refractivity contribution in [2.75, 3.05) is 18.8 Å². The molecule has 1 aromatic rings. The van der Waals surface area contributed by atoms with Crippen molar-refractivity contribution in [2.24, 2.45) is 10.9 Å². The number of nitrogens with zero attached hydrogens (tertiary/aromatic N) is 2. The molecular formula is C14H19N3O2S. The Kier molecular flexibility index (Phi) is 4.23. The molecule has 1 fully saturated rings. The van der Waals surface area contributed by atoms with E-state index in [-0.39, 0.29) is 16.5 Å². The Labute approximate surface area is 122 Å². The molecule has 108 valence electrons. The molecule has 1 heterocycles. The van der Waals surface area contributed by atoms with Crippen molar-refractivity contribution in [1.82, 2.24) is 4.90 Å². The van der Waals surface area contributed by atoms with Crippen LogP contribution in [0.5, 0.6) is 0 Å². The van der Waals surface area contributed by atoms with Gasteiger partial charge in [0.05, 0.1) is 0 Å². The fourth-order valence-corrected chi connectivity index (χ4v) is 3.33. The maximum atomic E-state index is 12.4. The molecule has 3 N–H and O–H groups in total. The molecule has 0 radical (unpaired) electrons. The molecule has 20 heavy (non-hydrogen) atoms. The Morgan fingerprint density at radius 3 is 2.50 bits per heavy atom. The van der Waals surface area contributed by atoms with Crippen molar-refractivity contribution < 1.29 is 10.0 Å². The summed E-state index contributed by atoms with van der Waals surface area (Å²) in [7, 11) is 0. The maximum Gasteiger partial charge on any atom is 0.253 e. The second-order valence-electron chi connectivity index (χ2n) is 5.40. The molecule has 1 aliphatic heterocycles. The largest absolute Gasteiger partial charge is 0.409 e. The second-order valence-corrected chi connectivity index (χ2v) is 7.20. The number of carbonyl (C=O) groups is 1. The average Bonchev–Trinajstić information content (AvgIpc) is 2.45. The van der Waals surface area contributed by atoms with Crippen LogP contribution in [0.1, 0.15) is 29.8 Å². The molecule has 0 saturated carbocycles. The third kappa shape index (κ3) is 3.25. The van der Waals surface area contributed by atoms with Crippen LogP contribution in [0.3, 0.4) is 0 Å². The Morgan fingerprint density at radius 1 is 1.35 bits per heavy atom. The average molecular weight is 293 g/mol. The molecule has 1 saturated heterocycles. The summed E-state index contributed by atoms with van der Waals surface area (Å²) >= 11 is 1.89. The van der Waals surface area contributed by atoms with E-state index in [1.807, 2.05) is 16.7 Å². The van der Waals surface area contributed by atoms with Gasteiger partial charge in [-0.2, -0.15) is 11.8 Å². The highest BCUT2D eigenvalue weighted by molar-refractivity contribution is 8.00. The molecular weight excluding hydrogens is 274 g/mol. The predicted octanol–water partition coefficient (Wildman–Crippen LogP) is 1.75. The summed E-state index contributed by atoms with van der Waals surface area (Å²) in [5, 5.41) is 11.6. The summed E-state index contributed by atoms with van der Waals surface area (Å²) in [6.45, 7) is 5.82. The minimum atomic E-state index is 0.0319. The van der Waals surface area contributed by atoms with Crippen LogP contribution in [0.2, 0.25) is 0 Å². The SMILES string of the molecule is CC1(C)CN(C(=O)c2ccc(/C(N)=N/O)cc2)CCS1. The number of amides is 1. The quantitative estimate of drug-likeness (QED) is 0.377. The molecule has 6 heteroatoms. The first-order valence-electron chi connectivity index (χ1n) is 6.44. The Bertz CT molecular complexity index is 526. The van der Waals surface area contributed by atoms with Crippen molar-refractivity contribution >= 4 is 23.5 Å². The number of amidine groups is 1. The van der Waals surface area contributed by atoms with E-state index in [0.717, 1.165) is 18.8 Å². The molecule has 0 atom stereocenters. The van der Waals surface area contributed by atoms with Crippen LogP contribution < -0.4 is 5.73 Å². The molecule has 1 aromatic carbocycles. The van der Waals surface area contributed by atoms with Crippen molar-refractivity contribution in [2.45, 2.75) is 18.6 Å². The number of oxime groups is 1. The van der Waals surface area contributed by atoms with Gasteiger partial charge < -0.3 is 15.8 Å². The predicted molar refractivity (Wildman–Crippen MR) is 81.4 cm³/mol. The molecule has 2 rings (SSSR count). The molecule has 1 amide bonds. The third-order valence-electron chi connectivity index (χ3n) is 3.25. The maximum absolute atomic E-state index is 12.4. The van der Waals surface area contributed by atoms with Crippen molar-refractivity contribution in [1.29, 1.82) is 0 Å². The first kappa shape index (κ1) is 14.7. The highest BCUT2D eigenvalue weighted by atomic mass is 32.2. The van der Waals surface area contributed by atoms with Gasteiger partial charge in [-0.05, 0) is 26.0 Å². The molecule has 1 aliphatic rings. The van der Waals surface area contributed by atoms with Gasteiger partial charge in [0.2, 0.25) is 0 Å². The van der Waals surface area contributed by atoms with E-state index in [4.69, 9.17) is 10.9 Å². The highest BCUT2D eigenvalue weighted by Crippen LogP contribution is 2.30. The number of thioether (sulfide) groups is 1. The summed E-state index contributed by atoms with van der Waals surface area (Å²) in [5.74, 6) is 1.03. The molecule has 0 spiro atoms. The molecule has 5 nitrogen and oxygen atoms in total. The first-order chi connectivity index (χ1) is 9.43. The number of nitrogens with two attached hydrogens (primary N) is 1. The Balaban J connectivity index is 2.13. The lowest BCUT2D eigenvalue weighted by Crippen LogP contribution is -2.46. The fraction of sp³-hybridized carbons (Fsp3) is 0.429. The Morgan fingerprint density at radius 2 is 1.95 bits per heavy atom. The van der Waals surface area contributed by atoms with Gasteiger partial charge in [-0.25, -0.2) is 0 Å². The van der Waals surface area contributed by atoms with Crippen LogP contribution in [0, 0.1) is 0 Å². The van der Waals surface area contributed by atoms with Gasteiger partial charge in [0, 0.05) is 34.7 Å². The van der Waals surface area contributed by atoms with Gasteiger partial charge in [-0.1, -0.05) is 17.3 Å². The fourth-order valence-electron chi connectivity index (χ4n) is 2.21. The highest BCUT2D eigenvalue weighted by Gasteiger charge is 2.30. The van der Waals surface area contributed by atoms with Gasteiger partial charge in [-0.15, -0.1) is 0 Å². The van der Waals surface area contributed by atoms with E-state index in [1.54, 1.807) is 24.3 Å². The van der Waals surface area contributed by atoms with Crippen molar-refractivity contribution in [3.63, 3.8) is 0 Å². The van der Waals surface area contributed by atoms with Crippen LogP contribution in [-0.4, -0.2) is 45.4 Å². The normalized spacial score (nSPS) is 18.9. The third-order valence-corrected chi connectivity index (χ3v) is 4.55. The second kappa shape index (κ2) is 5.75. The van der Waals surface area contributed by atoms with Crippen LogP contribution >= 0.6 is 11.8 Å². The standard InChI is InChI=1S/C14H19N3O2S/c1-14(2)9-17(7-8-20-14)13(18)11-5-3-10(4-6-11)12(15)16-19/h3-6,19H,7-9H2,1-2H3,(H2,15,16). The minimum absolute atomic E-state index is 0.0319. The lowest BCUT2D eigenvalue weighted by molar-refractivity contribution is 0.0748. The number of rotatable bonds is 2. The van der Waals surface area contributed by atoms with Crippen molar-refractivity contribution in [3.8, 4) is 0 Å². The Hall–Kier alpha value is -1.69. The minimum Gasteiger partial charge on any atom is -0.409 e. The van der Waals surface area contributed by atoms with E-state index in [9.17, 15) is 4.79 Å². The number of carbonyl (C=O) groups excluding carboxylic acids is 1. The van der Waals surface area contributed by atoms with Gasteiger partial charge >= 0.3 is 0 Å². The van der Waals surface area contributed by atoms with Crippen LogP contribution in [0.25, 0.3) is 0 Å². The van der Waals surface area contributed by atoms with Gasteiger partial charge in [-0.3, -0.25) is 4.79 Å². The zero-order valence-corrected chi connectivity index (χ0v) is 12.5. The van der Waals surface area contributed by atoms with E-state index < -0.39 is 0 Å². The molecule has 0 bridgehead atoms. The van der Waals surface area contributed by atoms with Crippen LogP contribution in [-0.2, 0) is 0 Å².